The molecule has 38 heavy (non-hydrogen) atoms. The maximum atomic E-state index is 14.2. The van der Waals surface area contributed by atoms with E-state index in [0.717, 1.165) is 4.70 Å². The Hall–Kier alpha value is -3.76. The molecule has 12 heteroatoms. The van der Waals surface area contributed by atoms with Gasteiger partial charge in [-0.25, -0.2) is 4.57 Å². The van der Waals surface area contributed by atoms with Gasteiger partial charge in [0.05, 0.1) is 46.8 Å². The SMILES string of the molecule is COc1ccc(-c2sc3cccc(OC)c3c2C(=O)c2cc(OC)c(OC)c(OC)c2)cc1NP(=O)(O)O. The summed E-state index contributed by atoms with van der Waals surface area (Å²) < 4.78 is 39.7. The van der Waals surface area contributed by atoms with E-state index in [9.17, 15) is 19.1 Å². The third kappa shape index (κ3) is 5.14. The van der Waals surface area contributed by atoms with Gasteiger partial charge in [-0.3, -0.25) is 9.88 Å². The quantitative estimate of drug-likeness (QED) is 0.173. The highest BCUT2D eigenvalue weighted by Gasteiger charge is 2.27. The van der Waals surface area contributed by atoms with E-state index in [4.69, 9.17) is 23.7 Å². The van der Waals surface area contributed by atoms with Crippen molar-refractivity contribution in [3.8, 4) is 39.2 Å². The van der Waals surface area contributed by atoms with Crippen LogP contribution in [0.25, 0.3) is 20.5 Å². The summed E-state index contributed by atoms with van der Waals surface area (Å²) in [6, 6.07) is 13.4. The molecule has 0 saturated heterocycles. The molecule has 0 atom stereocenters. The number of hydrogen-bond acceptors (Lipinski definition) is 8. The van der Waals surface area contributed by atoms with Gasteiger partial charge >= 0.3 is 7.75 Å². The second-order valence-corrected chi connectivity index (χ2v) is 10.3. The Labute approximate surface area is 222 Å². The molecule has 3 N–H and O–H groups in total. The van der Waals surface area contributed by atoms with Crippen LogP contribution in [0.1, 0.15) is 15.9 Å². The van der Waals surface area contributed by atoms with E-state index >= 15 is 0 Å². The lowest BCUT2D eigenvalue weighted by Crippen LogP contribution is -2.05. The van der Waals surface area contributed by atoms with Gasteiger partial charge in [0.2, 0.25) is 5.75 Å². The maximum absolute atomic E-state index is 14.2. The molecule has 0 aliphatic heterocycles. The lowest BCUT2D eigenvalue weighted by atomic mass is 9.96. The summed E-state index contributed by atoms with van der Waals surface area (Å²) in [5.74, 6) is 1.39. The number of nitrogens with one attached hydrogen (secondary N) is 1. The largest absolute Gasteiger partial charge is 0.496 e. The fourth-order valence-corrected chi connectivity index (χ4v) is 5.86. The summed E-state index contributed by atoms with van der Waals surface area (Å²) in [7, 11) is 2.68. The minimum absolute atomic E-state index is 0.0777. The van der Waals surface area contributed by atoms with Crippen molar-refractivity contribution in [2.45, 2.75) is 0 Å². The zero-order chi connectivity index (χ0) is 27.6. The molecule has 4 rings (SSSR count). The molecular weight excluding hydrogens is 533 g/mol. The van der Waals surface area contributed by atoms with Crippen molar-refractivity contribution in [1.82, 2.24) is 0 Å². The highest BCUT2D eigenvalue weighted by atomic mass is 32.1. The Kier molecular flexibility index (Phi) is 7.84. The van der Waals surface area contributed by atoms with E-state index in [2.05, 4.69) is 5.09 Å². The van der Waals surface area contributed by atoms with E-state index < -0.39 is 7.75 Å². The fraction of sp³-hybridized carbons (Fsp3) is 0.192. The van der Waals surface area contributed by atoms with Gasteiger partial charge in [-0.15, -0.1) is 11.3 Å². The number of benzene rings is 3. The summed E-state index contributed by atoms with van der Waals surface area (Å²) in [5, 5.41) is 2.79. The van der Waals surface area contributed by atoms with Crippen LogP contribution in [-0.4, -0.2) is 51.1 Å². The van der Waals surface area contributed by atoms with E-state index in [-0.39, 0.29) is 22.8 Å². The summed E-state index contributed by atoms with van der Waals surface area (Å²) in [6.45, 7) is 0. The molecule has 3 aromatic carbocycles. The van der Waals surface area contributed by atoms with Gasteiger partial charge in [-0.05, 0) is 48.0 Å². The molecule has 0 aliphatic carbocycles. The van der Waals surface area contributed by atoms with E-state index in [1.54, 1.807) is 30.3 Å². The van der Waals surface area contributed by atoms with Crippen LogP contribution in [0.4, 0.5) is 5.69 Å². The van der Waals surface area contributed by atoms with Gasteiger partial charge < -0.3 is 33.5 Å². The summed E-state index contributed by atoms with van der Waals surface area (Å²) in [4.78, 5) is 33.8. The molecule has 1 aromatic heterocycles. The number of methoxy groups -OCH3 is 5. The third-order valence-electron chi connectivity index (χ3n) is 5.78. The molecule has 0 bridgehead atoms. The van der Waals surface area contributed by atoms with Gasteiger partial charge in [0.1, 0.15) is 11.5 Å². The average molecular weight is 560 g/mol. The highest BCUT2D eigenvalue weighted by molar-refractivity contribution is 7.53. The zero-order valence-corrected chi connectivity index (χ0v) is 22.9. The molecule has 200 valence electrons. The van der Waals surface area contributed by atoms with Crippen LogP contribution in [0.15, 0.2) is 48.5 Å². The number of ketones is 1. The average Bonchev–Trinajstić information content (AvgIpc) is 3.30. The molecule has 0 radical (unpaired) electrons. The molecule has 1 heterocycles. The van der Waals surface area contributed by atoms with Crippen LogP contribution in [0.5, 0.6) is 28.7 Å². The van der Waals surface area contributed by atoms with Crippen LogP contribution in [0.3, 0.4) is 0 Å². The van der Waals surface area contributed by atoms with E-state index in [0.29, 0.717) is 44.4 Å². The van der Waals surface area contributed by atoms with Gasteiger partial charge in [-0.2, -0.15) is 0 Å². The van der Waals surface area contributed by atoms with E-state index in [1.807, 2.05) is 12.1 Å². The van der Waals surface area contributed by atoms with Gasteiger partial charge in [0.25, 0.3) is 0 Å². The fourth-order valence-electron chi connectivity index (χ4n) is 4.16. The molecule has 10 nitrogen and oxygen atoms in total. The Bertz CT molecular complexity index is 1540. The lowest BCUT2D eigenvalue weighted by molar-refractivity contribution is 0.104. The molecular formula is C26H26NO9PS. The number of thiophene rings is 1. The molecule has 0 aliphatic rings. The Balaban J connectivity index is 2.00. The van der Waals surface area contributed by atoms with Crippen molar-refractivity contribution < 1.29 is 42.8 Å². The molecule has 0 spiro atoms. The Morgan fingerprint density at radius 3 is 2.00 bits per heavy atom. The number of fused-ring (bicyclic) bond motifs is 1. The van der Waals surface area contributed by atoms with Crippen LogP contribution in [-0.2, 0) is 4.57 Å². The molecule has 0 unspecified atom stereocenters. The maximum Gasteiger partial charge on any atom is 0.427 e. The smallest absolute Gasteiger partial charge is 0.427 e. The first-order valence-corrected chi connectivity index (χ1v) is 13.5. The van der Waals surface area contributed by atoms with Gasteiger partial charge in [-0.1, -0.05) is 6.07 Å². The minimum atomic E-state index is -4.64. The molecule has 0 fully saturated rings. The summed E-state index contributed by atoms with van der Waals surface area (Å²) in [6.07, 6.45) is 0. The van der Waals surface area contributed by atoms with Crippen LogP contribution < -0.4 is 28.8 Å². The zero-order valence-electron chi connectivity index (χ0n) is 21.2. The Morgan fingerprint density at radius 1 is 0.816 bits per heavy atom. The van der Waals surface area contributed by atoms with Crippen LogP contribution >= 0.6 is 19.1 Å². The van der Waals surface area contributed by atoms with Crippen molar-refractivity contribution in [3.05, 3.63) is 59.7 Å². The van der Waals surface area contributed by atoms with Crippen molar-refractivity contribution >= 4 is 40.6 Å². The van der Waals surface area contributed by atoms with Crippen molar-refractivity contribution in [3.63, 3.8) is 0 Å². The van der Waals surface area contributed by atoms with Crippen LogP contribution in [0, 0.1) is 0 Å². The second-order valence-electron chi connectivity index (χ2n) is 7.95. The minimum Gasteiger partial charge on any atom is -0.496 e. The number of rotatable bonds is 10. The lowest BCUT2D eigenvalue weighted by Gasteiger charge is -2.15. The molecule has 0 saturated carbocycles. The predicted octanol–water partition coefficient (Wildman–Crippen LogP) is 5.35. The van der Waals surface area contributed by atoms with Crippen LogP contribution in [0.2, 0.25) is 0 Å². The summed E-state index contributed by atoms with van der Waals surface area (Å²) >= 11 is 1.35. The number of ether oxygens (including phenoxy) is 5. The first kappa shape index (κ1) is 27.3. The topological polar surface area (TPSA) is 133 Å². The predicted molar refractivity (Wildman–Crippen MR) is 146 cm³/mol. The molecule has 0 amide bonds. The standard InChI is InChI=1S/C26H26NO9PS/c1-32-17-10-9-14(11-16(17)27-37(29,30)31)26-23(22-18(33-2)7-6-8-21(22)38-26)24(28)15-12-19(34-3)25(36-5)20(13-15)35-4/h6-13H,1-5H3,(H3,27,29,30,31). The van der Waals surface area contributed by atoms with E-state index in [1.165, 1.54) is 53.0 Å². The third-order valence-corrected chi connectivity index (χ3v) is 7.51. The monoisotopic (exact) mass is 559 g/mol. The van der Waals surface area contributed by atoms with Crippen molar-refractivity contribution in [2.75, 3.05) is 40.6 Å². The first-order valence-electron chi connectivity index (χ1n) is 11.1. The number of anilines is 1. The number of carbonyl (C=O) groups is 1. The summed E-state index contributed by atoms with van der Waals surface area (Å²) in [5.41, 5.74) is 1.26. The van der Waals surface area contributed by atoms with Crippen molar-refractivity contribution in [2.24, 2.45) is 0 Å². The Morgan fingerprint density at radius 2 is 1.45 bits per heavy atom. The normalized spacial score (nSPS) is 11.2. The second kappa shape index (κ2) is 10.9. The van der Waals surface area contributed by atoms with Gasteiger partial charge in [0, 0.05) is 20.5 Å². The highest BCUT2D eigenvalue weighted by Crippen LogP contribution is 2.47. The molecule has 4 aromatic rings. The number of carbonyl (C=O) groups excluding carboxylic acids is 1. The van der Waals surface area contributed by atoms with Crippen molar-refractivity contribution in [1.29, 1.82) is 0 Å². The number of hydrogen-bond donors (Lipinski definition) is 3. The van der Waals surface area contributed by atoms with Gasteiger partial charge in [0.15, 0.2) is 17.3 Å². The first-order chi connectivity index (χ1) is 18.1.